The van der Waals surface area contributed by atoms with Crippen LogP contribution in [0.1, 0.15) is 28.1 Å². The number of benzene rings is 1. The van der Waals surface area contributed by atoms with Gasteiger partial charge in [-0.05, 0) is 58.7 Å². The average Bonchev–Trinajstić information content (AvgIpc) is 3.36. The van der Waals surface area contributed by atoms with Gasteiger partial charge in [0.1, 0.15) is 5.54 Å². The van der Waals surface area contributed by atoms with Crippen molar-refractivity contribution in [3.63, 3.8) is 0 Å². The predicted molar refractivity (Wildman–Crippen MR) is 125 cm³/mol. The summed E-state index contributed by atoms with van der Waals surface area (Å²) in [5.74, 6) is -0.618. The number of nitrogens with zero attached hydrogens (tertiary/aromatic N) is 1. The van der Waals surface area contributed by atoms with Crippen LogP contribution in [0.25, 0.3) is 0 Å². The summed E-state index contributed by atoms with van der Waals surface area (Å²) in [5, 5.41) is 5.79. The number of hydrogen-bond acceptors (Lipinski definition) is 6. The fourth-order valence-electron chi connectivity index (χ4n) is 3.83. The predicted octanol–water partition coefficient (Wildman–Crippen LogP) is 3.10. The molecule has 3 heterocycles. The minimum Gasteiger partial charge on any atom is -0.379 e. The Hall–Kier alpha value is -2.27. The van der Waals surface area contributed by atoms with Gasteiger partial charge in [-0.3, -0.25) is 14.4 Å². The number of aryl methyl sites for hydroxylation is 1. The third kappa shape index (κ3) is 4.88. The molecular formula is C22H24BrN3O5S. The molecule has 2 aliphatic heterocycles. The normalized spacial score (nSPS) is 21.3. The molecule has 3 amide bonds. The molecule has 1 aromatic heterocycles. The molecule has 2 fully saturated rings. The smallest absolute Gasteiger partial charge is 0.262 e. The molecule has 0 bridgehead atoms. The maximum absolute atomic E-state index is 13.2. The van der Waals surface area contributed by atoms with Gasteiger partial charge in [-0.25, -0.2) is 0 Å². The highest BCUT2D eigenvalue weighted by Crippen LogP contribution is 2.28. The Balaban J connectivity index is 1.49. The lowest BCUT2D eigenvalue weighted by atomic mass is 9.96. The Labute approximate surface area is 198 Å². The second kappa shape index (κ2) is 9.70. The van der Waals surface area contributed by atoms with Gasteiger partial charge in [0.25, 0.3) is 11.8 Å². The molecule has 0 unspecified atom stereocenters. The van der Waals surface area contributed by atoms with E-state index in [0.29, 0.717) is 49.8 Å². The summed E-state index contributed by atoms with van der Waals surface area (Å²) in [6.07, 6.45) is 0.734. The van der Waals surface area contributed by atoms with Crippen molar-refractivity contribution in [2.24, 2.45) is 0 Å². The molecule has 2 N–H and O–H groups in total. The molecule has 0 aliphatic carbocycles. The van der Waals surface area contributed by atoms with Gasteiger partial charge < -0.3 is 25.0 Å². The number of anilines is 2. The Bertz CT molecular complexity index is 1030. The van der Waals surface area contributed by atoms with Crippen LogP contribution in [-0.4, -0.2) is 56.2 Å². The molecule has 0 radical (unpaired) electrons. The molecule has 170 valence electrons. The van der Waals surface area contributed by atoms with Crippen LogP contribution in [0.3, 0.4) is 0 Å². The summed E-state index contributed by atoms with van der Waals surface area (Å²) in [5.41, 5.74) is 1.11. The minimum absolute atomic E-state index is 0.0207. The monoisotopic (exact) mass is 521 g/mol. The number of hydrogen-bond donors (Lipinski definition) is 2. The first-order valence-electron chi connectivity index (χ1n) is 10.3. The third-order valence-electron chi connectivity index (χ3n) is 5.57. The molecule has 8 nitrogen and oxygen atoms in total. The molecule has 2 aliphatic rings. The first-order chi connectivity index (χ1) is 15.4. The van der Waals surface area contributed by atoms with E-state index < -0.39 is 5.54 Å². The van der Waals surface area contributed by atoms with Gasteiger partial charge in [-0.2, -0.15) is 0 Å². The van der Waals surface area contributed by atoms with Crippen molar-refractivity contribution < 1.29 is 23.9 Å². The van der Waals surface area contributed by atoms with E-state index in [1.807, 2.05) is 19.1 Å². The van der Waals surface area contributed by atoms with Crippen molar-refractivity contribution in [2.45, 2.75) is 25.3 Å². The second-order valence-electron chi connectivity index (χ2n) is 7.81. The highest BCUT2D eigenvalue weighted by molar-refractivity contribution is 9.11. The maximum atomic E-state index is 13.2. The summed E-state index contributed by atoms with van der Waals surface area (Å²) in [6, 6.07) is 8.93. The van der Waals surface area contributed by atoms with Crippen molar-refractivity contribution in [2.75, 3.05) is 43.2 Å². The van der Waals surface area contributed by atoms with Gasteiger partial charge in [-0.15, -0.1) is 11.3 Å². The Morgan fingerprint density at radius 2 is 2.00 bits per heavy atom. The molecule has 2 aromatic rings. The quantitative estimate of drug-likeness (QED) is 0.629. The van der Waals surface area contributed by atoms with Crippen LogP contribution in [0, 0.1) is 6.92 Å². The lowest BCUT2D eigenvalue weighted by Crippen LogP contribution is -2.57. The number of thiophene rings is 1. The first kappa shape index (κ1) is 22.9. The number of ether oxygens (including phenoxy) is 2. The largest absolute Gasteiger partial charge is 0.379 e. The fraction of sp³-hybridized carbons (Fsp3) is 0.409. The molecular weight excluding hydrogens is 498 g/mol. The van der Waals surface area contributed by atoms with Crippen molar-refractivity contribution in [3.05, 3.63) is 44.6 Å². The minimum atomic E-state index is -1.14. The van der Waals surface area contributed by atoms with E-state index in [0.717, 1.165) is 15.0 Å². The van der Waals surface area contributed by atoms with Crippen LogP contribution in [0.4, 0.5) is 11.4 Å². The van der Waals surface area contributed by atoms with Crippen molar-refractivity contribution in [3.8, 4) is 0 Å². The zero-order valence-electron chi connectivity index (χ0n) is 17.6. The molecule has 10 heteroatoms. The zero-order chi connectivity index (χ0) is 22.7. The van der Waals surface area contributed by atoms with E-state index >= 15 is 0 Å². The summed E-state index contributed by atoms with van der Waals surface area (Å²) in [4.78, 5) is 40.5. The van der Waals surface area contributed by atoms with Crippen LogP contribution in [-0.2, 0) is 19.1 Å². The summed E-state index contributed by atoms with van der Waals surface area (Å²) in [7, 11) is 0. The molecule has 0 spiro atoms. The Morgan fingerprint density at radius 3 is 2.69 bits per heavy atom. The Kier molecular flexibility index (Phi) is 6.94. The Morgan fingerprint density at radius 1 is 1.16 bits per heavy atom. The molecule has 2 saturated heterocycles. The van der Waals surface area contributed by atoms with Crippen LogP contribution in [0.15, 0.2) is 34.1 Å². The van der Waals surface area contributed by atoms with Crippen LogP contribution < -0.4 is 15.5 Å². The van der Waals surface area contributed by atoms with E-state index in [1.54, 1.807) is 23.1 Å². The molecule has 32 heavy (non-hydrogen) atoms. The van der Waals surface area contributed by atoms with E-state index in [9.17, 15) is 14.4 Å². The molecule has 0 saturated carbocycles. The zero-order valence-corrected chi connectivity index (χ0v) is 20.0. The van der Waals surface area contributed by atoms with Crippen molar-refractivity contribution in [1.29, 1.82) is 0 Å². The van der Waals surface area contributed by atoms with Crippen LogP contribution >= 0.6 is 27.3 Å². The maximum Gasteiger partial charge on any atom is 0.262 e. The summed E-state index contributed by atoms with van der Waals surface area (Å²) in [6.45, 7) is 3.81. The van der Waals surface area contributed by atoms with E-state index in [1.165, 1.54) is 11.3 Å². The summed E-state index contributed by atoms with van der Waals surface area (Å²) >= 11 is 4.66. The second-order valence-corrected chi connectivity index (χ2v) is 10.3. The average molecular weight is 522 g/mol. The van der Waals surface area contributed by atoms with Crippen molar-refractivity contribution >= 4 is 56.4 Å². The number of carbonyl (C=O) groups excluding carboxylic acids is 3. The number of amides is 3. The molecule has 1 atom stereocenters. The van der Waals surface area contributed by atoms with Gasteiger partial charge in [0, 0.05) is 30.9 Å². The number of nitrogens with one attached hydrogen (secondary N) is 2. The fourth-order valence-corrected chi connectivity index (χ4v) is 5.11. The lowest BCUT2D eigenvalue weighted by molar-refractivity contribution is -0.122. The van der Waals surface area contributed by atoms with Gasteiger partial charge in [0.15, 0.2) is 0 Å². The molecule has 4 rings (SSSR count). The first-order valence-corrected chi connectivity index (χ1v) is 11.9. The van der Waals surface area contributed by atoms with Crippen LogP contribution in [0.5, 0.6) is 0 Å². The highest BCUT2D eigenvalue weighted by atomic mass is 79.9. The van der Waals surface area contributed by atoms with Gasteiger partial charge in [0.05, 0.1) is 34.9 Å². The van der Waals surface area contributed by atoms with Gasteiger partial charge >= 0.3 is 0 Å². The van der Waals surface area contributed by atoms with Gasteiger partial charge in [-0.1, -0.05) is 0 Å². The standard InChI is InChI=1S/C22H24BrN3O5S/c1-14-12-15(2-3-16(14)26-8-11-30-9-6-19(26)27)24-21(29)22(7-10-31-13-22)25-20(28)17-4-5-18(23)32-17/h2-5,12H,6-11,13H2,1H3,(H,24,29)(H,25,28)/t22-/m0/s1. The SMILES string of the molecule is Cc1cc(NC(=O)[C@]2(NC(=O)c3ccc(Br)s3)CCOC2)ccc1N1CCOCCC1=O. The van der Waals surface area contributed by atoms with Crippen LogP contribution in [0.2, 0.25) is 0 Å². The van der Waals surface area contributed by atoms with E-state index in [-0.39, 0.29) is 24.3 Å². The summed E-state index contributed by atoms with van der Waals surface area (Å²) < 4.78 is 11.7. The van der Waals surface area contributed by atoms with Gasteiger partial charge in [0.2, 0.25) is 5.91 Å². The number of carbonyl (C=O) groups is 3. The highest BCUT2D eigenvalue weighted by Gasteiger charge is 2.44. The molecule has 1 aromatic carbocycles. The third-order valence-corrected chi connectivity index (χ3v) is 7.19. The van der Waals surface area contributed by atoms with Crippen molar-refractivity contribution in [1.82, 2.24) is 5.32 Å². The lowest BCUT2D eigenvalue weighted by Gasteiger charge is -2.28. The van der Waals surface area contributed by atoms with E-state index in [2.05, 4.69) is 26.6 Å². The number of rotatable bonds is 5. The number of halogens is 1. The van der Waals surface area contributed by atoms with E-state index in [4.69, 9.17) is 9.47 Å². The topological polar surface area (TPSA) is 97.0 Å².